The molecule has 2 aromatic carbocycles. The van der Waals surface area contributed by atoms with Crippen LogP contribution in [0.2, 0.25) is 10.0 Å². The van der Waals surface area contributed by atoms with Crippen LogP contribution in [-0.2, 0) is 10.5 Å². The predicted molar refractivity (Wildman–Crippen MR) is 87.7 cm³/mol. The first-order valence-electron chi connectivity index (χ1n) is 6.11. The van der Waals surface area contributed by atoms with Crippen molar-refractivity contribution < 1.29 is 9.18 Å². The number of benzene rings is 2. The summed E-state index contributed by atoms with van der Waals surface area (Å²) >= 11 is 13.0. The summed E-state index contributed by atoms with van der Waals surface area (Å²) in [5, 5.41) is 3.34. The monoisotopic (exact) mass is 343 g/mol. The number of anilines is 1. The van der Waals surface area contributed by atoms with Crippen molar-refractivity contribution in [1.82, 2.24) is 0 Å². The summed E-state index contributed by atoms with van der Waals surface area (Å²) in [5.41, 5.74) is 1.54. The van der Waals surface area contributed by atoms with Gasteiger partial charge in [-0.1, -0.05) is 35.3 Å². The highest BCUT2D eigenvalue weighted by molar-refractivity contribution is 7.99. The molecule has 0 aliphatic rings. The van der Waals surface area contributed by atoms with Crippen molar-refractivity contribution in [1.29, 1.82) is 0 Å². The van der Waals surface area contributed by atoms with Gasteiger partial charge in [0.1, 0.15) is 5.82 Å². The van der Waals surface area contributed by atoms with Crippen LogP contribution >= 0.6 is 35.0 Å². The van der Waals surface area contributed by atoms with Gasteiger partial charge in [0.25, 0.3) is 0 Å². The van der Waals surface area contributed by atoms with E-state index in [1.807, 2.05) is 18.2 Å². The topological polar surface area (TPSA) is 29.1 Å². The lowest BCUT2D eigenvalue weighted by Crippen LogP contribution is -2.14. The molecule has 0 aliphatic heterocycles. The number of thioether (sulfide) groups is 1. The zero-order valence-electron chi connectivity index (χ0n) is 10.9. The van der Waals surface area contributed by atoms with Crippen LogP contribution in [-0.4, -0.2) is 11.7 Å². The molecule has 0 aromatic heterocycles. The quantitative estimate of drug-likeness (QED) is 0.827. The van der Waals surface area contributed by atoms with Gasteiger partial charge < -0.3 is 5.32 Å². The Hall–Kier alpha value is -1.23. The van der Waals surface area contributed by atoms with E-state index in [-0.39, 0.29) is 10.9 Å². The van der Waals surface area contributed by atoms with Crippen LogP contribution < -0.4 is 5.32 Å². The van der Waals surface area contributed by atoms with E-state index in [1.54, 1.807) is 6.07 Å². The van der Waals surface area contributed by atoms with Gasteiger partial charge in [-0.25, -0.2) is 4.39 Å². The van der Waals surface area contributed by atoms with E-state index < -0.39 is 5.82 Å². The van der Waals surface area contributed by atoms with Gasteiger partial charge in [0.15, 0.2) is 0 Å². The van der Waals surface area contributed by atoms with Crippen LogP contribution in [0.5, 0.6) is 0 Å². The Morgan fingerprint density at radius 1 is 1.19 bits per heavy atom. The normalized spacial score (nSPS) is 10.4. The van der Waals surface area contributed by atoms with Crippen molar-refractivity contribution in [2.24, 2.45) is 0 Å². The minimum Gasteiger partial charge on any atom is -0.325 e. The molecule has 0 spiro atoms. The molecule has 1 amide bonds. The molecule has 110 valence electrons. The zero-order valence-corrected chi connectivity index (χ0v) is 13.2. The van der Waals surface area contributed by atoms with Gasteiger partial charge in [0.2, 0.25) is 5.91 Å². The first-order valence-corrected chi connectivity index (χ1v) is 8.03. The molecule has 0 fully saturated rings. The average Bonchev–Trinajstić information content (AvgIpc) is 2.43. The number of halogens is 3. The molecular formula is C15H12Cl2FNOS. The number of nitrogens with one attached hydrogen (secondary N) is 1. The minimum atomic E-state index is -0.509. The SMILES string of the molecule is O=C(CSCc1cccc(Cl)c1)Nc1ccc(F)c(Cl)c1. The third-order valence-corrected chi connectivity index (χ3v) is 4.12. The summed E-state index contributed by atoms with van der Waals surface area (Å²) in [7, 11) is 0. The highest BCUT2D eigenvalue weighted by atomic mass is 35.5. The number of amides is 1. The lowest BCUT2D eigenvalue weighted by molar-refractivity contribution is -0.113. The molecule has 0 heterocycles. The van der Waals surface area contributed by atoms with Crippen molar-refractivity contribution in [2.45, 2.75) is 5.75 Å². The number of rotatable bonds is 5. The van der Waals surface area contributed by atoms with Crippen molar-refractivity contribution in [3.8, 4) is 0 Å². The fraction of sp³-hybridized carbons (Fsp3) is 0.133. The van der Waals surface area contributed by atoms with Crippen molar-refractivity contribution in [3.05, 3.63) is 63.9 Å². The summed E-state index contributed by atoms with van der Waals surface area (Å²) in [6.07, 6.45) is 0. The summed E-state index contributed by atoms with van der Waals surface area (Å²) in [6, 6.07) is 11.6. The zero-order chi connectivity index (χ0) is 15.2. The van der Waals surface area contributed by atoms with Gasteiger partial charge in [0.05, 0.1) is 10.8 Å². The largest absolute Gasteiger partial charge is 0.325 e. The molecule has 0 saturated carbocycles. The highest BCUT2D eigenvalue weighted by Crippen LogP contribution is 2.20. The van der Waals surface area contributed by atoms with Gasteiger partial charge in [-0.2, -0.15) is 0 Å². The van der Waals surface area contributed by atoms with Crippen LogP contribution in [0, 0.1) is 5.82 Å². The molecule has 0 atom stereocenters. The Balaban J connectivity index is 1.81. The molecule has 0 aliphatic carbocycles. The molecule has 2 nitrogen and oxygen atoms in total. The Labute approximate surface area is 136 Å². The molecule has 1 N–H and O–H groups in total. The third-order valence-electron chi connectivity index (χ3n) is 2.59. The number of hydrogen-bond donors (Lipinski definition) is 1. The van der Waals surface area contributed by atoms with E-state index >= 15 is 0 Å². The molecule has 2 rings (SSSR count). The van der Waals surface area contributed by atoms with Crippen molar-refractivity contribution >= 4 is 46.6 Å². The van der Waals surface area contributed by atoms with Gasteiger partial charge in [-0.15, -0.1) is 11.8 Å². The Morgan fingerprint density at radius 2 is 2.00 bits per heavy atom. The molecule has 0 bridgehead atoms. The molecule has 21 heavy (non-hydrogen) atoms. The summed E-state index contributed by atoms with van der Waals surface area (Å²) in [6.45, 7) is 0. The first-order chi connectivity index (χ1) is 10.0. The fourth-order valence-electron chi connectivity index (χ4n) is 1.66. The van der Waals surface area contributed by atoms with Crippen molar-refractivity contribution in [3.63, 3.8) is 0 Å². The second-order valence-electron chi connectivity index (χ2n) is 4.30. The van der Waals surface area contributed by atoms with Gasteiger partial charge >= 0.3 is 0 Å². The van der Waals surface area contributed by atoms with E-state index in [9.17, 15) is 9.18 Å². The Kier molecular flexibility index (Phi) is 5.91. The van der Waals surface area contributed by atoms with Gasteiger partial charge in [-0.3, -0.25) is 4.79 Å². The standard InChI is InChI=1S/C15H12Cl2FNOS/c16-11-3-1-2-10(6-11)8-21-9-15(20)19-12-4-5-14(18)13(17)7-12/h1-7H,8-9H2,(H,19,20). The molecule has 0 saturated heterocycles. The Morgan fingerprint density at radius 3 is 2.71 bits per heavy atom. The van der Waals surface area contributed by atoms with E-state index in [0.29, 0.717) is 22.2 Å². The molecule has 6 heteroatoms. The summed E-state index contributed by atoms with van der Waals surface area (Å²) in [4.78, 5) is 11.8. The molecule has 0 radical (unpaired) electrons. The molecule has 0 unspecified atom stereocenters. The number of carbonyl (C=O) groups excluding carboxylic acids is 1. The fourth-order valence-corrected chi connectivity index (χ4v) is 2.83. The number of hydrogen-bond acceptors (Lipinski definition) is 2. The van der Waals surface area contributed by atoms with Crippen LogP contribution in [0.25, 0.3) is 0 Å². The molecule has 2 aromatic rings. The first kappa shape index (κ1) is 16.1. The summed E-state index contributed by atoms with van der Waals surface area (Å²) in [5.74, 6) is 0.314. The third kappa shape index (κ3) is 5.23. The second kappa shape index (κ2) is 7.69. The maximum atomic E-state index is 13.0. The average molecular weight is 344 g/mol. The Bertz CT molecular complexity index is 651. The second-order valence-corrected chi connectivity index (χ2v) is 6.13. The lowest BCUT2D eigenvalue weighted by atomic mass is 10.2. The van der Waals surface area contributed by atoms with Crippen LogP contribution in [0.15, 0.2) is 42.5 Å². The van der Waals surface area contributed by atoms with E-state index in [4.69, 9.17) is 23.2 Å². The smallest absolute Gasteiger partial charge is 0.234 e. The predicted octanol–water partition coefficient (Wildman–Crippen LogP) is 5.00. The van der Waals surface area contributed by atoms with Gasteiger partial charge in [0, 0.05) is 16.5 Å². The minimum absolute atomic E-state index is 0.0145. The molecular weight excluding hydrogens is 332 g/mol. The maximum absolute atomic E-state index is 13.0. The van der Waals surface area contributed by atoms with Crippen LogP contribution in [0.3, 0.4) is 0 Å². The van der Waals surface area contributed by atoms with E-state index in [1.165, 1.54) is 30.0 Å². The van der Waals surface area contributed by atoms with E-state index in [2.05, 4.69) is 5.32 Å². The lowest BCUT2D eigenvalue weighted by Gasteiger charge is -2.06. The van der Waals surface area contributed by atoms with Crippen LogP contribution in [0.1, 0.15) is 5.56 Å². The number of carbonyl (C=O) groups is 1. The van der Waals surface area contributed by atoms with Crippen molar-refractivity contribution in [2.75, 3.05) is 11.1 Å². The van der Waals surface area contributed by atoms with E-state index in [0.717, 1.165) is 5.56 Å². The summed E-state index contributed by atoms with van der Waals surface area (Å²) < 4.78 is 13.0. The van der Waals surface area contributed by atoms with Crippen LogP contribution in [0.4, 0.5) is 10.1 Å². The maximum Gasteiger partial charge on any atom is 0.234 e. The highest BCUT2D eigenvalue weighted by Gasteiger charge is 2.06. The van der Waals surface area contributed by atoms with Gasteiger partial charge in [-0.05, 0) is 35.9 Å².